The van der Waals surface area contributed by atoms with Crippen LogP contribution in [0.15, 0.2) is 0 Å². The fourth-order valence-corrected chi connectivity index (χ4v) is 4.12. The molecule has 0 unspecified atom stereocenters. The van der Waals surface area contributed by atoms with Crippen molar-refractivity contribution in [3.8, 4) is 6.07 Å². The van der Waals surface area contributed by atoms with Gasteiger partial charge in [-0.15, -0.1) is 11.3 Å². The quantitative estimate of drug-likeness (QED) is 0.562. The summed E-state index contributed by atoms with van der Waals surface area (Å²) in [6, 6.07) is -0.104. The summed E-state index contributed by atoms with van der Waals surface area (Å²) in [5, 5.41) is 15.9. The summed E-state index contributed by atoms with van der Waals surface area (Å²) in [7, 11) is 0. The number of aryl methyl sites for hydroxylation is 1. The van der Waals surface area contributed by atoms with Gasteiger partial charge < -0.3 is 16.0 Å². The second-order valence-corrected chi connectivity index (χ2v) is 10.1. The highest BCUT2D eigenvalue weighted by atomic mass is 32.1. The average Bonchev–Trinajstić information content (AvgIpc) is 3.24. The maximum Gasteiger partial charge on any atom is 0.443 e. The molecular formula is C20H26F3N5O3S. The lowest BCUT2D eigenvalue weighted by atomic mass is 9.87. The minimum Gasteiger partial charge on any atom is -0.356 e. The van der Waals surface area contributed by atoms with E-state index in [0.29, 0.717) is 24.3 Å². The number of rotatable bonds is 7. The number of amides is 3. The van der Waals surface area contributed by atoms with E-state index in [4.69, 9.17) is 0 Å². The summed E-state index contributed by atoms with van der Waals surface area (Å²) in [5.74, 6) is -2.13. The van der Waals surface area contributed by atoms with Crippen LogP contribution in [0.4, 0.5) is 13.2 Å². The SMILES string of the molecule is Cc1sc(C(F)(F)F)nc1C(=O)N[C@@H](CC(C)(C)C)C(=O)N[C@H](C#N)C[C@@H]1CCNC1=O. The number of carbonyl (C=O) groups is 3. The van der Waals surface area contributed by atoms with Crippen LogP contribution in [0.25, 0.3) is 0 Å². The van der Waals surface area contributed by atoms with Gasteiger partial charge in [-0.1, -0.05) is 20.8 Å². The highest BCUT2D eigenvalue weighted by Gasteiger charge is 2.37. The zero-order chi connectivity index (χ0) is 24.3. The van der Waals surface area contributed by atoms with Gasteiger partial charge in [0.2, 0.25) is 11.8 Å². The van der Waals surface area contributed by atoms with Gasteiger partial charge >= 0.3 is 6.18 Å². The fraction of sp³-hybridized carbons (Fsp3) is 0.650. The Hall–Kier alpha value is -2.68. The number of thiazole rings is 1. The van der Waals surface area contributed by atoms with Gasteiger partial charge in [-0.2, -0.15) is 18.4 Å². The van der Waals surface area contributed by atoms with Crippen LogP contribution in [-0.4, -0.2) is 41.3 Å². The minimum atomic E-state index is -4.68. The largest absolute Gasteiger partial charge is 0.443 e. The third-order valence-corrected chi connectivity index (χ3v) is 5.86. The zero-order valence-electron chi connectivity index (χ0n) is 18.2. The molecule has 1 fully saturated rings. The normalized spacial score (nSPS) is 18.4. The van der Waals surface area contributed by atoms with Crippen molar-refractivity contribution in [2.24, 2.45) is 11.3 Å². The molecule has 2 heterocycles. The first-order chi connectivity index (χ1) is 14.7. The number of aromatic nitrogens is 1. The van der Waals surface area contributed by atoms with E-state index < -0.39 is 52.1 Å². The molecule has 0 radical (unpaired) electrons. The number of nitrogens with zero attached hydrogens (tertiary/aromatic N) is 2. The second kappa shape index (κ2) is 9.85. The van der Waals surface area contributed by atoms with Crippen LogP contribution >= 0.6 is 11.3 Å². The summed E-state index contributed by atoms with van der Waals surface area (Å²) in [5.41, 5.74) is -0.815. The van der Waals surface area contributed by atoms with Crippen molar-refractivity contribution in [1.82, 2.24) is 20.9 Å². The molecule has 3 atom stereocenters. The first-order valence-electron chi connectivity index (χ1n) is 10.0. The summed E-state index contributed by atoms with van der Waals surface area (Å²) in [6.45, 7) is 7.35. The van der Waals surface area contributed by atoms with Gasteiger partial charge in [0.25, 0.3) is 5.91 Å². The van der Waals surface area contributed by atoms with Crippen molar-refractivity contribution >= 4 is 29.1 Å². The van der Waals surface area contributed by atoms with Crippen LogP contribution in [0.1, 0.15) is 60.4 Å². The van der Waals surface area contributed by atoms with Gasteiger partial charge in [0.15, 0.2) is 5.01 Å². The van der Waals surface area contributed by atoms with E-state index in [-0.39, 0.29) is 23.6 Å². The Balaban J connectivity index is 2.15. The average molecular weight is 474 g/mol. The lowest BCUT2D eigenvalue weighted by Crippen LogP contribution is -2.51. The number of nitrogens with one attached hydrogen (secondary N) is 3. The molecule has 1 aliphatic heterocycles. The van der Waals surface area contributed by atoms with Crippen molar-refractivity contribution in [2.45, 2.75) is 65.2 Å². The Morgan fingerprint density at radius 1 is 1.31 bits per heavy atom. The number of alkyl halides is 3. The highest BCUT2D eigenvalue weighted by Crippen LogP contribution is 2.34. The smallest absolute Gasteiger partial charge is 0.356 e. The monoisotopic (exact) mass is 473 g/mol. The minimum absolute atomic E-state index is 0.0758. The maximum absolute atomic E-state index is 12.9. The van der Waals surface area contributed by atoms with Crippen LogP contribution in [0.5, 0.6) is 0 Å². The summed E-state index contributed by atoms with van der Waals surface area (Å²) in [4.78, 5) is 40.8. The molecule has 2 rings (SSSR count). The predicted octanol–water partition coefficient (Wildman–Crippen LogP) is 2.54. The van der Waals surface area contributed by atoms with Gasteiger partial charge in [0, 0.05) is 17.3 Å². The zero-order valence-corrected chi connectivity index (χ0v) is 19.0. The predicted molar refractivity (Wildman–Crippen MR) is 110 cm³/mol. The molecule has 0 saturated carbocycles. The lowest BCUT2D eigenvalue weighted by Gasteiger charge is -2.27. The van der Waals surface area contributed by atoms with E-state index in [1.54, 1.807) is 0 Å². The molecular weight excluding hydrogens is 447 g/mol. The summed E-state index contributed by atoms with van der Waals surface area (Å²) in [6.07, 6.45) is -3.82. The molecule has 8 nitrogen and oxygen atoms in total. The molecule has 3 amide bonds. The molecule has 0 aromatic carbocycles. The summed E-state index contributed by atoms with van der Waals surface area (Å²) >= 11 is 0.352. The number of nitriles is 1. The maximum atomic E-state index is 12.9. The molecule has 1 saturated heterocycles. The standard InChI is InChI=1S/C20H26F3N5O3S/c1-10-14(28-18(32-10)20(21,22)23)17(31)27-13(8-19(2,3)4)16(30)26-12(9-24)7-11-5-6-25-15(11)29/h11-13H,5-8H2,1-4H3,(H,25,29)(H,26,30)(H,27,31)/t11-,12-,13-/m0/s1. The van der Waals surface area contributed by atoms with E-state index in [1.807, 2.05) is 26.8 Å². The van der Waals surface area contributed by atoms with E-state index in [2.05, 4.69) is 20.9 Å². The number of hydrogen-bond donors (Lipinski definition) is 3. The van der Waals surface area contributed by atoms with E-state index in [1.165, 1.54) is 6.92 Å². The van der Waals surface area contributed by atoms with Crippen LogP contribution in [0, 0.1) is 29.6 Å². The van der Waals surface area contributed by atoms with E-state index in [0.717, 1.165) is 0 Å². The molecule has 0 aliphatic carbocycles. The molecule has 176 valence electrons. The van der Waals surface area contributed by atoms with Crippen molar-refractivity contribution in [2.75, 3.05) is 6.54 Å². The highest BCUT2D eigenvalue weighted by molar-refractivity contribution is 7.12. The van der Waals surface area contributed by atoms with Crippen molar-refractivity contribution in [3.63, 3.8) is 0 Å². The summed E-state index contributed by atoms with van der Waals surface area (Å²) < 4.78 is 38.8. The third kappa shape index (κ3) is 6.91. The van der Waals surface area contributed by atoms with Crippen molar-refractivity contribution in [3.05, 3.63) is 15.6 Å². The van der Waals surface area contributed by atoms with Crippen molar-refractivity contribution < 1.29 is 27.6 Å². The number of hydrogen-bond acceptors (Lipinski definition) is 6. The Kier molecular flexibility index (Phi) is 7.88. The van der Waals surface area contributed by atoms with Crippen LogP contribution in [-0.2, 0) is 15.8 Å². The Labute approximate surface area is 188 Å². The van der Waals surface area contributed by atoms with Gasteiger partial charge in [0.05, 0.1) is 6.07 Å². The molecule has 1 aromatic heterocycles. The Bertz CT molecular complexity index is 917. The number of halogens is 3. The molecule has 12 heteroatoms. The Morgan fingerprint density at radius 2 is 1.97 bits per heavy atom. The second-order valence-electron chi connectivity index (χ2n) is 8.92. The Morgan fingerprint density at radius 3 is 2.44 bits per heavy atom. The molecule has 1 aliphatic rings. The van der Waals surface area contributed by atoms with E-state index >= 15 is 0 Å². The molecule has 1 aromatic rings. The van der Waals surface area contributed by atoms with Gasteiger partial charge in [0.1, 0.15) is 17.8 Å². The molecule has 0 spiro atoms. The van der Waals surface area contributed by atoms with Crippen LogP contribution in [0.2, 0.25) is 0 Å². The molecule has 0 bridgehead atoms. The number of carbonyl (C=O) groups excluding carboxylic acids is 3. The topological polar surface area (TPSA) is 124 Å². The van der Waals surface area contributed by atoms with E-state index in [9.17, 15) is 32.8 Å². The molecule has 32 heavy (non-hydrogen) atoms. The van der Waals surface area contributed by atoms with Crippen molar-refractivity contribution in [1.29, 1.82) is 5.26 Å². The van der Waals surface area contributed by atoms with Crippen LogP contribution < -0.4 is 16.0 Å². The first kappa shape index (κ1) is 25.6. The first-order valence-corrected chi connectivity index (χ1v) is 10.9. The lowest BCUT2D eigenvalue weighted by molar-refractivity contribution is -0.137. The van der Waals surface area contributed by atoms with Gasteiger partial charge in [-0.3, -0.25) is 14.4 Å². The fourth-order valence-electron chi connectivity index (χ4n) is 3.35. The molecule has 3 N–H and O–H groups in total. The van der Waals surface area contributed by atoms with Crippen LogP contribution in [0.3, 0.4) is 0 Å². The third-order valence-electron chi connectivity index (χ3n) is 4.85. The van der Waals surface area contributed by atoms with Gasteiger partial charge in [-0.25, -0.2) is 4.98 Å². The van der Waals surface area contributed by atoms with Gasteiger partial charge in [-0.05, 0) is 31.6 Å².